The molecule has 0 aliphatic rings. The number of rotatable bonds is 4. The summed E-state index contributed by atoms with van der Waals surface area (Å²) in [5.74, 6) is 0. The molecular formula is C15H20N2. The van der Waals surface area contributed by atoms with Gasteiger partial charge in [-0.25, -0.2) is 0 Å². The highest BCUT2D eigenvalue weighted by atomic mass is 15.1. The molecule has 2 heteroatoms. The molecule has 0 saturated heterocycles. The highest BCUT2D eigenvalue weighted by molar-refractivity contribution is 5.94. The maximum absolute atomic E-state index is 5.91. The first-order valence-electron chi connectivity index (χ1n) is 6.20. The fraction of sp³-hybridized carbons (Fsp3) is 0.333. The van der Waals surface area contributed by atoms with E-state index in [2.05, 4.69) is 54.3 Å². The van der Waals surface area contributed by atoms with Crippen molar-refractivity contribution in [2.45, 2.75) is 19.9 Å². The lowest BCUT2D eigenvalue weighted by Crippen LogP contribution is -2.35. The lowest BCUT2D eigenvalue weighted by Gasteiger charge is -2.26. The summed E-state index contributed by atoms with van der Waals surface area (Å²) < 4.78 is 0. The van der Waals surface area contributed by atoms with Gasteiger partial charge in [-0.2, -0.15) is 0 Å². The van der Waals surface area contributed by atoms with E-state index in [-0.39, 0.29) is 6.04 Å². The molecular weight excluding hydrogens is 208 g/mol. The number of hydrogen-bond acceptors (Lipinski definition) is 2. The van der Waals surface area contributed by atoms with Crippen LogP contribution in [0.3, 0.4) is 0 Å². The molecule has 0 aromatic heterocycles. The second kappa shape index (κ2) is 5.19. The van der Waals surface area contributed by atoms with Gasteiger partial charge in [0.05, 0.1) is 0 Å². The number of likely N-dealkylation sites (N-methyl/N-ethyl adjacent to an activating group) is 1. The molecule has 0 aliphatic heterocycles. The van der Waals surface area contributed by atoms with Crippen molar-refractivity contribution in [1.29, 1.82) is 0 Å². The SMILES string of the molecule is CCN(C[C@@H](C)N)c1cccc2ccccc12. The quantitative estimate of drug-likeness (QED) is 0.871. The minimum absolute atomic E-state index is 0.189. The summed E-state index contributed by atoms with van der Waals surface area (Å²) in [4.78, 5) is 2.34. The van der Waals surface area contributed by atoms with E-state index in [4.69, 9.17) is 5.73 Å². The zero-order chi connectivity index (χ0) is 12.3. The summed E-state index contributed by atoms with van der Waals surface area (Å²) in [5, 5.41) is 2.59. The van der Waals surface area contributed by atoms with Crippen molar-refractivity contribution in [2.24, 2.45) is 5.73 Å². The van der Waals surface area contributed by atoms with Crippen LogP contribution in [0.15, 0.2) is 42.5 Å². The van der Waals surface area contributed by atoms with E-state index in [1.165, 1.54) is 16.5 Å². The van der Waals surface area contributed by atoms with Crippen LogP contribution in [0.1, 0.15) is 13.8 Å². The second-order valence-corrected chi connectivity index (χ2v) is 4.51. The monoisotopic (exact) mass is 228 g/mol. The first kappa shape index (κ1) is 11.9. The fourth-order valence-corrected chi connectivity index (χ4v) is 2.23. The average molecular weight is 228 g/mol. The molecule has 2 N–H and O–H groups in total. The average Bonchev–Trinajstić information content (AvgIpc) is 2.35. The summed E-state index contributed by atoms with van der Waals surface area (Å²) in [6, 6.07) is 15.1. The van der Waals surface area contributed by atoms with E-state index in [0.717, 1.165) is 13.1 Å². The molecule has 0 heterocycles. The summed E-state index contributed by atoms with van der Waals surface area (Å²) in [7, 11) is 0. The Morgan fingerprint density at radius 3 is 2.53 bits per heavy atom. The Hall–Kier alpha value is -1.54. The molecule has 1 atom stereocenters. The molecule has 90 valence electrons. The van der Waals surface area contributed by atoms with Gasteiger partial charge in [0.15, 0.2) is 0 Å². The van der Waals surface area contributed by atoms with Gasteiger partial charge >= 0.3 is 0 Å². The maximum Gasteiger partial charge on any atom is 0.0446 e. The van der Waals surface area contributed by atoms with Crippen LogP contribution in [-0.2, 0) is 0 Å². The van der Waals surface area contributed by atoms with Crippen molar-refractivity contribution in [2.75, 3.05) is 18.0 Å². The number of nitrogens with two attached hydrogens (primary N) is 1. The second-order valence-electron chi connectivity index (χ2n) is 4.51. The lowest BCUT2D eigenvalue weighted by atomic mass is 10.1. The minimum atomic E-state index is 0.189. The smallest absolute Gasteiger partial charge is 0.0446 e. The Labute approximate surface area is 103 Å². The summed E-state index contributed by atoms with van der Waals surface area (Å²) in [6.45, 7) is 6.10. The molecule has 2 aromatic carbocycles. The van der Waals surface area contributed by atoms with E-state index in [1.807, 2.05) is 6.92 Å². The first-order chi connectivity index (χ1) is 8.22. The molecule has 0 aliphatic carbocycles. The van der Waals surface area contributed by atoms with Gasteiger partial charge in [0.25, 0.3) is 0 Å². The van der Waals surface area contributed by atoms with Crippen LogP contribution in [0, 0.1) is 0 Å². The molecule has 17 heavy (non-hydrogen) atoms. The van der Waals surface area contributed by atoms with Crippen LogP contribution in [-0.4, -0.2) is 19.1 Å². The van der Waals surface area contributed by atoms with E-state index < -0.39 is 0 Å². The molecule has 0 saturated carbocycles. The summed E-state index contributed by atoms with van der Waals surface area (Å²) in [6.07, 6.45) is 0. The lowest BCUT2D eigenvalue weighted by molar-refractivity contribution is 0.691. The molecule has 2 aromatic rings. The Kier molecular flexibility index (Phi) is 3.64. The minimum Gasteiger partial charge on any atom is -0.370 e. The predicted molar refractivity (Wildman–Crippen MR) is 75.5 cm³/mol. The first-order valence-corrected chi connectivity index (χ1v) is 6.20. The third-order valence-electron chi connectivity index (χ3n) is 3.00. The molecule has 2 rings (SSSR count). The van der Waals surface area contributed by atoms with Crippen molar-refractivity contribution in [1.82, 2.24) is 0 Å². The zero-order valence-electron chi connectivity index (χ0n) is 10.6. The third kappa shape index (κ3) is 2.59. The van der Waals surface area contributed by atoms with Crippen molar-refractivity contribution in [3.8, 4) is 0 Å². The number of anilines is 1. The Bertz CT molecular complexity index is 486. The van der Waals surface area contributed by atoms with E-state index in [9.17, 15) is 0 Å². The van der Waals surface area contributed by atoms with E-state index >= 15 is 0 Å². The van der Waals surface area contributed by atoms with Crippen molar-refractivity contribution >= 4 is 16.5 Å². The van der Waals surface area contributed by atoms with Crippen LogP contribution in [0.5, 0.6) is 0 Å². The number of nitrogens with zero attached hydrogens (tertiary/aromatic N) is 1. The summed E-state index contributed by atoms with van der Waals surface area (Å²) in [5.41, 5.74) is 7.19. The van der Waals surface area contributed by atoms with Crippen LogP contribution >= 0.6 is 0 Å². The van der Waals surface area contributed by atoms with E-state index in [1.54, 1.807) is 0 Å². The highest BCUT2D eigenvalue weighted by Crippen LogP contribution is 2.26. The molecule has 0 spiro atoms. The van der Waals surface area contributed by atoms with Crippen LogP contribution in [0.25, 0.3) is 10.8 Å². The topological polar surface area (TPSA) is 29.3 Å². The molecule has 0 fully saturated rings. The Balaban J connectivity index is 2.46. The van der Waals surface area contributed by atoms with E-state index in [0.29, 0.717) is 0 Å². The van der Waals surface area contributed by atoms with Crippen molar-refractivity contribution in [3.63, 3.8) is 0 Å². The maximum atomic E-state index is 5.91. The standard InChI is InChI=1S/C15H20N2/c1-3-17(11-12(2)16)15-10-6-8-13-7-4-5-9-14(13)15/h4-10,12H,3,11,16H2,1-2H3/t12-/m1/s1. The van der Waals surface area contributed by atoms with Gasteiger partial charge in [-0.15, -0.1) is 0 Å². The Morgan fingerprint density at radius 1 is 1.12 bits per heavy atom. The molecule has 0 bridgehead atoms. The van der Waals surface area contributed by atoms with Crippen LogP contribution in [0.2, 0.25) is 0 Å². The van der Waals surface area contributed by atoms with Gasteiger partial charge in [-0.3, -0.25) is 0 Å². The van der Waals surface area contributed by atoms with Gasteiger partial charge < -0.3 is 10.6 Å². The Morgan fingerprint density at radius 2 is 1.82 bits per heavy atom. The molecule has 0 radical (unpaired) electrons. The van der Waals surface area contributed by atoms with Gasteiger partial charge in [0.1, 0.15) is 0 Å². The van der Waals surface area contributed by atoms with Gasteiger partial charge in [0, 0.05) is 30.2 Å². The molecule has 2 nitrogen and oxygen atoms in total. The van der Waals surface area contributed by atoms with Gasteiger partial charge in [-0.1, -0.05) is 36.4 Å². The normalized spacial score (nSPS) is 12.6. The molecule has 0 unspecified atom stereocenters. The van der Waals surface area contributed by atoms with Crippen LogP contribution in [0.4, 0.5) is 5.69 Å². The van der Waals surface area contributed by atoms with Gasteiger partial charge in [-0.05, 0) is 25.3 Å². The summed E-state index contributed by atoms with van der Waals surface area (Å²) >= 11 is 0. The van der Waals surface area contributed by atoms with Gasteiger partial charge in [0.2, 0.25) is 0 Å². The fourth-order valence-electron chi connectivity index (χ4n) is 2.23. The largest absolute Gasteiger partial charge is 0.370 e. The number of benzene rings is 2. The highest BCUT2D eigenvalue weighted by Gasteiger charge is 2.09. The number of fused-ring (bicyclic) bond motifs is 1. The van der Waals surface area contributed by atoms with Crippen molar-refractivity contribution < 1.29 is 0 Å². The zero-order valence-corrected chi connectivity index (χ0v) is 10.6. The van der Waals surface area contributed by atoms with Crippen LogP contribution < -0.4 is 10.6 Å². The number of hydrogen-bond donors (Lipinski definition) is 1. The predicted octanol–water partition coefficient (Wildman–Crippen LogP) is 3.01. The third-order valence-corrected chi connectivity index (χ3v) is 3.00. The molecule has 0 amide bonds. The van der Waals surface area contributed by atoms with Crippen molar-refractivity contribution in [3.05, 3.63) is 42.5 Å².